The summed E-state index contributed by atoms with van der Waals surface area (Å²) < 4.78 is 0. The monoisotopic (exact) mass is 354 g/mol. The Kier molecular flexibility index (Phi) is 3.74. The summed E-state index contributed by atoms with van der Waals surface area (Å²) in [4.78, 5) is 17.1. The number of amides is 1. The zero-order valence-electron chi connectivity index (χ0n) is 14.7. The van der Waals surface area contributed by atoms with Gasteiger partial charge in [0.15, 0.2) is 5.17 Å². The molecule has 25 heavy (non-hydrogen) atoms. The van der Waals surface area contributed by atoms with E-state index in [4.69, 9.17) is 0 Å². The molecule has 1 N–H and O–H groups in total. The lowest BCUT2D eigenvalue weighted by molar-refractivity contribution is -0.129. The molecule has 0 aromatic heterocycles. The van der Waals surface area contributed by atoms with Crippen LogP contribution in [-0.4, -0.2) is 23.4 Å². The number of hydrogen-bond donors (Lipinski definition) is 1. The standard InChI is InChI=1S/C21H26N2OS/c24-18(23-19-22-6-7-25-19)13-20-9-15-8-16(10-20)12-21(11-15,14-20)17-4-2-1-3-5-17/h1-5,15-16H,6-14H2,(H,22,23,24)/t15-,16+,20?,21?. The Labute approximate surface area is 154 Å². The van der Waals surface area contributed by atoms with Crippen molar-refractivity contribution in [2.75, 3.05) is 12.3 Å². The molecule has 5 aliphatic rings. The van der Waals surface area contributed by atoms with Gasteiger partial charge in [-0.3, -0.25) is 9.79 Å². The first-order chi connectivity index (χ1) is 12.1. The molecule has 6 rings (SSSR count). The van der Waals surface area contributed by atoms with Crippen LogP contribution in [0.25, 0.3) is 0 Å². The van der Waals surface area contributed by atoms with Crippen LogP contribution < -0.4 is 5.32 Å². The van der Waals surface area contributed by atoms with E-state index < -0.39 is 0 Å². The van der Waals surface area contributed by atoms with E-state index in [-0.39, 0.29) is 11.3 Å². The summed E-state index contributed by atoms with van der Waals surface area (Å²) in [6, 6.07) is 11.1. The van der Waals surface area contributed by atoms with Crippen LogP contribution in [0.5, 0.6) is 0 Å². The van der Waals surface area contributed by atoms with Crippen molar-refractivity contribution in [2.24, 2.45) is 22.2 Å². The molecule has 1 amide bonds. The number of carbonyl (C=O) groups is 1. The van der Waals surface area contributed by atoms with E-state index in [2.05, 4.69) is 40.6 Å². The second-order valence-electron chi connectivity index (χ2n) is 8.87. The lowest BCUT2D eigenvalue weighted by Crippen LogP contribution is -2.55. The third-order valence-corrected chi connectivity index (χ3v) is 7.83. The van der Waals surface area contributed by atoms with Gasteiger partial charge in [-0.1, -0.05) is 42.1 Å². The first-order valence-corrected chi connectivity index (χ1v) is 10.7. The maximum atomic E-state index is 12.7. The first-order valence-electron chi connectivity index (χ1n) is 9.68. The average Bonchev–Trinajstić information content (AvgIpc) is 3.06. The molecule has 4 fully saturated rings. The minimum Gasteiger partial charge on any atom is -0.305 e. The molecule has 1 aliphatic heterocycles. The zero-order valence-corrected chi connectivity index (χ0v) is 15.5. The number of nitrogens with one attached hydrogen (secondary N) is 1. The molecule has 0 saturated heterocycles. The van der Waals surface area contributed by atoms with Crippen molar-refractivity contribution in [1.82, 2.24) is 5.32 Å². The molecule has 3 nitrogen and oxygen atoms in total. The van der Waals surface area contributed by atoms with Crippen LogP contribution >= 0.6 is 11.8 Å². The third-order valence-electron chi connectivity index (χ3n) is 6.94. The molecular formula is C21H26N2OS. The molecule has 4 saturated carbocycles. The van der Waals surface area contributed by atoms with Gasteiger partial charge >= 0.3 is 0 Å². The first kappa shape index (κ1) is 15.9. The smallest absolute Gasteiger partial charge is 0.226 e. The number of carbonyl (C=O) groups excluding carboxylic acids is 1. The van der Waals surface area contributed by atoms with E-state index in [0.717, 1.165) is 29.3 Å². The maximum absolute atomic E-state index is 12.7. The fourth-order valence-corrected chi connectivity index (χ4v) is 7.45. The van der Waals surface area contributed by atoms with Gasteiger partial charge < -0.3 is 5.32 Å². The van der Waals surface area contributed by atoms with Crippen molar-refractivity contribution in [3.05, 3.63) is 35.9 Å². The van der Waals surface area contributed by atoms with E-state index in [1.54, 1.807) is 11.8 Å². The number of benzene rings is 1. The molecule has 1 heterocycles. The fraction of sp³-hybridized carbons (Fsp3) is 0.619. The van der Waals surface area contributed by atoms with Crippen molar-refractivity contribution >= 4 is 22.8 Å². The Hall–Kier alpha value is -1.29. The second-order valence-corrected chi connectivity index (χ2v) is 9.95. The third kappa shape index (κ3) is 2.83. The van der Waals surface area contributed by atoms with Crippen LogP contribution in [0, 0.1) is 17.3 Å². The number of aliphatic imine (C=N–C) groups is 1. The summed E-state index contributed by atoms with van der Waals surface area (Å²) in [7, 11) is 0. The topological polar surface area (TPSA) is 41.5 Å². The van der Waals surface area contributed by atoms with Crippen molar-refractivity contribution in [2.45, 2.75) is 50.4 Å². The quantitative estimate of drug-likeness (QED) is 0.886. The van der Waals surface area contributed by atoms with Crippen LogP contribution in [0.3, 0.4) is 0 Å². The molecule has 2 unspecified atom stereocenters. The Bertz CT molecular complexity index is 700. The number of rotatable bonds is 3. The van der Waals surface area contributed by atoms with Gasteiger partial charge in [0.25, 0.3) is 0 Å². The van der Waals surface area contributed by atoms with Crippen LogP contribution in [-0.2, 0) is 10.2 Å². The van der Waals surface area contributed by atoms with Crippen molar-refractivity contribution in [3.63, 3.8) is 0 Å². The van der Waals surface area contributed by atoms with Gasteiger partial charge in [0, 0.05) is 12.2 Å². The summed E-state index contributed by atoms with van der Waals surface area (Å²) in [6.45, 7) is 0.840. The van der Waals surface area contributed by atoms with Crippen LogP contribution in [0.15, 0.2) is 35.3 Å². The molecular weight excluding hydrogens is 328 g/mol. The largest absolute Gasteiger partial charge is 0.305 e. The molecule has 132 valence electrons. The minimum absolute atomic E-state index is 0.193. The maximum Gasteiger partial charge on any atom is 0.226 e. The van der Waals surface area contributed by atoms with E-state index in [0.29, 0.717) is 11.8 Å². The molecule has 1 aromatic rings. The molecule has 0 spiro atoms. The summed E-state index contributed by atoms with van der Waals surface area (Å²) in [5, 5.41) is 3.92. The van der Waals surface area contributed by atoms with Crippen molar-refractivity contribution < 1.29 is 4.79 Å². The highest BCUT2D eigenvalue weighted by Crippen LogP contribution is 2.66. The van der Waals surface area contributed by atoms with Crippen molar-refractivity contribution in [1.29, 1.82) is 0 Å². The lowest BCUT2D eigenvalue weighted by Gasteiger charge is -2.62. The van der Waals surface area contributed by atoms with E-state index in [1.807, 2.05) is 0 Å². The summed E-state index contributed by atoms with van der Waals surface area (Å²) >= 11 is 1.68. The number of hydrogen-bond acceptors (Lipinski definition) is 3. The predicted molar refractivity (Wildman–Crippen MR) is 103 cm³/mol. The normalized spacial score (nSPS) is 38.6. The van der Waals surface area contributed by atoms with Gasteiger partial charge in [-0.15, -0.1) is 0 Å². The van der Waals surface area contributed by atoms with Crippen molar-refractivity contribution in [3.8, 4) is 0 Å². The van der Waals surface area contributed by atoms with E-state index in [1.165, 1.54) is 44.1 Å². The highest BCUT2D eigenvalue weighted by Gasteiger charge is 2.58. The van der Waals surface area contributed by atoms with Crippen LogP contribution in [0.1, 0.15) is 50.5 Å². The van der Waals surface area contributed by atoms with Gasteiger partial charge in [0.1, 0.15) is 0 Å². The zero-order chi connectivity index (χ0) is 16.9. The van der Waals surface area contributed by atoms with Crippen LogP contribution in [0.2, 0.25) is 0 Å². The van der Waals surface area contributed by atoms with Gasteiger partial charge in [0.2, 0.25) is 5.91 Å². The van der Waals surface area contributed by atoms with Crippen LogP contribution in [0.4, 0.5) is 0 Å². The van der Waals surface area contributed by atoms with Gasteiger partial charge in [0.05, 0.1) is 6.54 Å². The highest BCUT2D eigenvalue weighted by molar-refractivity contribution is 8.14. The summed E-state index contributed by atoms with van der Waals surface area (Å²) in [5.74, 6) is 2.82. The number of thioether (sulfide) groups is 1. The highest BCUT2D eigenvalue weighted by atomic mass is 32.2. The second kappa shape index (κ2) is 5.87. The lowest BCUT2D eigenvalue weighted by atomic mass is 9.42. The summed E-state index contributed by atoms with van der Waals surface area (Å²) in [6.07, 6.45) is 8.45. The Morgan fingerprint density at radius 3 is 2.60 bits per heavy atom. The average molecular weight is 355 g/mol. The predicted octanol–water partition coefficient (Wildman–Crippen LogP) is 4.13. The Balaban J connectivity index is 1.39. The van der Waals surface area contributed by atoms with Gasteiger partial charge in [-0.25, -0.2) is 0 Å². The Morgan fingerprint density at radius 2 is 1.92 bits per heavy atom. The van der Waals surface area contributed by atoms with Gasteiger partial charge in [-0.2, -0.15) is 0 Å². The molecule has 4 bridgehead atoms. The Morgan fingerprint density at radius 1 is 1.16 bits per heavy atom. The molecule has 4 aliphatic carbocycles. The van der Waals surface area contributed by atoms with Gasteiger partial charge in [-0.05, 0) is 66.8 Å². The molecule has 1 aromatic carbocycles. The fourth-order valence-electron chi connectivity index (χ4n) is 6.70. The molecule has 4 atom stereocenters. The minimum atomic E-state index is 0.193. The van der Waals surface area contributed by atoms with E-state index >= 15 is 0 Å². The number of nitrogens with zero attached hydrogens (tertiary/aromatic N) is 1. The molecule has 0 radical (unpaired) electrons. The SMILES string of the molecule is O=C(CC12C[C@H]3C[C@@H](C1)CC(c1ccccc1)(C3)C2)NC1=NCCS1. The van der Waals surface area contributed by atoms with E-state index in [9.17, 15) is 4.79 Å². The summed E-state index contributed by atoms with van der Waals surface area (Å²) in [5.41, 5.74) is 2.06. The molecule has 4 heteroatoms. The number of amidine groups is 1.